The van der Waals surface area contributed by atoms with Gasteiger partial charge in [0.25, 0.3) is 11.6 Å². The first kappa shape index (κ1) is 19.2. The molecule has 0 spiro atoms. The molecule has 0 atom stereocenters. The van der Waals surface area contributed by atoms with Gasteiger partial charge >= 0.3 is 0 Å². The molecule has 1 fully saturated rings. The summed E-state index contributed by atoms with van der Waals surface area (Å²) in [5, 5.41) is 26.1. The summed E-state index contributed by atoms with van der Waals surface area (Å²) in [5.74, 6) is -0.317. The summed E-state index contributed by atoms with van der Waals surface area (Å²) in [6.07, 6.45) is 1.56. The van der Waals surface area contributed by atoms with Gasteiger partial charge in [0.05, 0.1) is 20.4 Å². The molecule has 1 saturated heterocycles. The first-order chi connectivity index (χ1) is 14.0. The number of carbonyl (C=O) groups excluding carboxylic acids is 1. The van der Waals surface area contributed by atoms with Gasteiger partial charge < -0.3 is 5.32 Å². The molecule has 2 aromatic carbocycles. The molecule has 0 unspecified atom stereocenters. The average molecular weight is 443 g/mol. The van der Waals surface area contributed by atoms with Gasteiger partial charge in [0, 0.05) is 6.07 Å². The van der Waals surface area contributed by atoms with Gasteiger partial charge in [-0.1, -0.05) is 48.2 Å². The second kappa shape index (κ2) is 8.11. The predicted octanol–water partition coefficient (Wildman–Crippen LogP) is 3.21. The summed E-state index contributed by atoms with van der Waals surface area (Å²) in [6.45, 7) is 0. The average Bonchev–Trinajstić information content (AvgIpc) is 3.29. The van der Waals surface area contributed by atoms with E-state index in [-0.39, 0.29) is 11.6 Å². The number of aromatic nitrogens is 4. The lowest BCUT2D eigenvalue weighted by Crippen LogP contribution is -2.17. The third kappa shape index (κ3) is 4.18. The highest BCUT2D eigenvalue weighted by molar-refractivity contribution is 8.26. The van der Waals surface area contributed by atoms with Crippen molar-refractivity contribution in [1.82, 2.24) is 25.5 Å². The fourth-order valence-electron chi connectivity index (χ4n) is 2.50. The number of benzene rings is 2. The Morgan fingerprint density at radius 2 is 2.03 bits per heavy atom. The van der Waals surface area contributed by atoms with Crippen molar-refractivity contribution in [3.63, 3.8) is 0 Å². The molecule has 0 saturated carbocycles. The molecule has 1 N–H and O–H groups in total. The van der Waals surface area contributed by atoms with E-state index in [1.807, 2.05) is 30.3 Å². The molecule has 1 amide bonds. The molecular weight excluding hydrogens is 432 g/mol. The van der Waals surface area contributed by atoms with E-state index in [1.54, 1.807) is 18.2 Å². The number of nitro groups is 1. The van der Waals surface area contributed by atoms with E-state index >= 15 is 0 Å². The number of hydrogen-bond acceptors (Lipinski definition) is 9. The second-order valence-electron chi connectivity index (χ2n) is 5.65. The van der Waals surface area contributed by atoms with Crippen LogP contribution in [0.3, 0.4) is 0 Å². The summed E-state index contributed by atoms with van der Waals surface area (Å²) >= 11 is 7.15. The number of thioether (sulfide) groups is 1. The van der Waals surface area contributed by atoms with Crippen LogP contribution in [0.2, 0.25) is 0 Å². The Hall–Kier alpha value is -3.09. The topological polar surface area (TPSA) is 116 Å². The number of nitrogens with zero attached hydrogens (tertiary/aromatic N) is 5. The fourth-order valence-corrected chi connectivity index (χ4v) is 4.42. The minimum atomic E-state index is -0.479. The van der Waals surface area contributed by atoms with Crippen molar-refractivity contribution in [2.45, 2.75) is 10.1 Å². The lowest BCUT2D eigenvalue weighted by Gasteiger charge is -2.05. The molecule has 144 valence electrons. The third-order valence-electron chi connectivity index (χ3n) is 3.76. The number of nitrogens with one attached hydrogen (secondary N) is 1. The van der Waals surface area contributed by atoms with E-state index in [9.17, 15) is 14.9 Å². The molecule has 1 aliphatic rings. The fraction of sp³-hybridized carbons (Fsp3) is 0. The van der Waals surface area contributed by atoms with Crippen molar-refractivity contribution in [3.8, 4) is 5.69 Å². The van der Waals surface area contributed by atoms with Crippen LogP contribution in [0.25, 0.3) is 11.8 Å². The van der Waals surface area contributed by atoms with Crippen LogP contribution in [0, 0.1) is 10.1 Å². The van der Waals surface area contributed by atoms with Crippen molar-refractivity contribution in [3.05, 3.63) is 69.1 Å². The zero-order chi connectivity index (χ0) is 20.4. The second-order valence-corrected chi connectivity index (χ2v) is 8.38. The molecule has 29 heavy (non-hydrogen) atoms. The number of carbonyl (C=O) groups is 1. The Morgan fingerprint density at radius 3 is 2.72 bits per heavy atom. The molecular formula is C17H10N6O3S3. The Morgan fingerprint density at radius 1 is 1.24 bits per heavy atom. The maximum absolute atomic E-state index is 11.8. The van der Waals surface area contributed by atoms with Crippen molar-refractivity contribution in [1.29, 1.82) is 0 Å². The highest BCUT2D eigenvalue weighted by Crippen LogP contribution is 2.36. The molecule has 0 bridgehead atoms. The van der Waals surface area contributed by atoms with E-state index in [1.165, 1.54) is 10.7 Å². The number of tetrazole rings is 1. The van der Waals surface area contributed by atoms with Gasteiger partial charge in [-0.15, -0.1) is 5.10 Å². The summed E-state index contributed by atoms with van der Waals surface area (Å²) in [4.78, 5) is 23.7. The lowest BCUT2D eigenvalue weighted by molar-refractivity contribution is -0.387. The summed E-state index contributed by atoms with van der Waals surface area (Å²) in [7, 11) is 0. The van der Waals surface area contributed by atoms with E-state index in [0.29, 0.717) is 24.8 Å². The molecule has 0 aliphatic carbocycles. The van der Waals surface area contributed by atoms with Gasteiger partial charge in [-0.25, -0.2) is 0 Å². The van der Waals surface area contributed by atoms with Gasteiger partial charge in [-0.05, 0) is 52.0 Å². The summed E-state index contributed by atoms with van der Waals surface area (Å²) in [6, 6.07) is 13.9. The standard InChI is InChI=1S/C17H10N6O3S3/c24-15-14(29-17(27)18-15)9-10-6-7-13(12(8-10)23(25)26)28-16-19-20-21-22(16)11-4-2-1-3-5-11/h1-9H,(H,18,24,27)/b14-9-. The molecule has 1 aliphatic heterocycles. The number of amides is 1. The molecule has 3 aromatic rings. The molecule has 9 nitrogen and oxygen atoms in total. The zero-order valence-electron chi connectivity index (χ0n) is 14.4. The van der Waals surface area contributed by atoms with E-state index in [2.05, 4.69) is 20.8 Å². The van der Waals surface area contributed by atoms with Crippen molar-refractivity contribution >= 4 is 57.7 Å². The summed E-state index contributed by atoms with van der Waals surface area (Å²) in [5.41, 5.74) is 1.15. The first-order valence-electron chi connectivity index (χ1n) is 8.06. The molecule has 1 aromatic heterocycles. The van der Waals surface area contributed by atoms with E-state index in [4.69, 9.17) is 12.2 Å². The van der Waals surface area contributed by atoms with Crippen molar-refractivity contribution < 1.29 is 9.72 Å². The predicted molar refractivity (Wildman–Crippen MR) is 113 cm³/mol. The van der Waals surface area contributed by atoms with Crippen LogP contribution in [0.1, 0.15) is 5.56 Å². The normalized spacial score (nSPS) is 15.0. The SMILES string of the molecule is O=C1NC(=S)S/C1=C\c1ccc(Sc2nnnn2-c2ccccc2)c([N+](=O)[O-])c1. The largest absolute Gasteiger partial charge is 0.307 e. The minimum Gasteiger partial charge on any atom is -0.307 e. The Kier molecular flexibility index (Phi) is 5.38. The highest BCUT2D eigenvalue weighted by atomic mass is 32.2. The number of rotatable bonds is 5. The van der Waals surface area contributed by atoms with Crippen LogP contribution < -0.4 is 5.32 Å². The maximum Gasteiger partial charge on any atom is 0.283 e. The van der Waals surface area contributed by atoms with Gasteiger partial charge in [0.2, 0.25) is 5.16 Å². The number of nitro benzene ring substituents is 1. The van der Waals surface area contributed by atoms with Crippen LogP contribution in [0.4, 0.5) is 5.69 Å². The Balaban J connectivity index is 1.67. The number of para-hydroxylation sites is 1. The van der Waals surface area contributed by atoms with Gasteiger partial charge in [-0.3, -0.25) is 14.9 Å². The van der Waals surface area contributed by atoms with Gasteiger partial charge in [0.1, 0.15) is 4.32 Å². The van der Waals surface area contributed by atoms with Gasteiger partial charge in [0.15, 0.2) is 0 Å². The van der Waals surface area contributed by atoms with Gasteiger partial charge in [-0.2, -0.15) is 4.68 Å². The van der Waals surface area contributed by atoms with Crippen molar-refractivity contribution in [2.24, 2.45) is 0 Å². The summed E-state index contributed by atoms with van der Waals surface area (Å²) < 4.78 is 1.86. The monoisotopic (exact) mass is 442 g/mol. The van der Waals surface area contributed by atoms with Crippen molar-refractivity contribution in [2.75, 3.05) is 0 Å². The molecule has 0 radical (unpaired) electrons. The molecule has 12 heteroatoms. The number of hydrogen-bond donors (Lipinski definition) is 1. The number of thiocarbonyl (C=S) groups is 1. The quantitative estimate of drug-likeness (QED) is 0.275. The molecule has 2 heterocycles. The van der Waals surface area contributed by atoms with Crippen LogP contribution in [-0.4, -0.2) is 35.4 Å². The van der Waals surface area contributed by atoms with E-state index in [0.717, 1.165) is 29.2 Å². The Bertz CT molecular complexity index is 1160. The first-order valence-corrected chi connectivity index (χ1v) is 10.1. The van der Waals surface area contributed by atoms with Crippen LogP contribution >= 0.6 is 35.7 Å². The lowest BCUT2D eigenvalue weighted by atomic mass is 10.2. The Labute approximate surface area is 177 Å². The minimum absolute atomic E-state index is 0.113. The van der Waals surface area contributed by atoms with E-state index < -0.39 is 4.92 Å². The molecule has 4 rings (SSSR count). The van der Waals surface area contributed by atoms with Crippen LogP contribution in [0.5, 0.6) is 0 Å². The van der Waals surface area contributed by atoms with Crippen LogP contribution in [-0.2, 0) is 4.79 Å². The maximum atomic E-state index is 11.8. The zero-order valence-corrected chi connectivity index (χ0v) is 16.8. The third-order valence-corrected chi connectivity index (χ3v) is 5.93. The highest BCUT2D eigenvalue weighted by Gasteiger charge is 2.23. The smallest absolute Gasteiger partial charge is 0.283 e. The van der Waals surface area contributed by atoms with Crippen LogP contribution in [0.15, 0.2) is 63.5 Å².